The van der Waals surface area contributed by atoms with Crippen molar-refractivity contribution in [2.24, 2.45) is 0 Å². The van der Waals surface area contributed by atoms with Gasteiger partial charge in [-0.25, -0.2) is 0 Å². The molecular formula is C21H25N3O. The van der Waals surface area contributed by atoms with E-state index in [1.54, 1.807) is 0 Å². The van der Waals surface area contributed by atoms with Crippen LogP contribution in [0.3, 0.4) is 0 Å². The van der Waals surface area contributed by atoms with Gasteiger partial charge in [-0.3, -0.25) is 4.90 Å². The molecule has 1 aliphatic rings. The van der Waals surface area contributed by atoms with Crippen LogP contribution in [0.5, 0.6) is 0 Å². The van der Waals surface area contributed by atoms with E-state index in [9.17, 15) is 0 Å². The van der Waals surface area contributed by atoms with Crippen molar-refractivity contribution >= 4 is 10.9 Å². The SMILES string of the molecule is CN1Cc2ccc(Cn3ccc4c(CNCCO)cccc43)cc2C1. The Labute approximate surface area is 148 Å². The van der Waals surface area contributed by atoms with E-state index in [0.717, 1.165) is 26.2 Å². The zero-order valence-electron chi connectivity index (χ0n) is 14.7. The second kappa shape index (κ2) is 7.00. The predicted molar refractivity (Wildman–Crippen MR) is 101 cm³/mol. The highest BCUT2D eigenvalue weighted by atomic mass is 16.3. The van der Waals surface area contributed by atoms with Crippen molar-refractivity contribution in [3.05, 3.63) is 70.9 Å². The number of hydrogen-bond acceptors (Lipinski definition) is 3. The zero-order chi connectivity index (χ0) is 17.2. The normalized spacial score (nSPS) is 14.3. The number of aliphatic hydroxyl groups excluding tert-OH is 1. The van der Waals surface area contributed by atoms with Crippen LogP contribution in [0.25, 0.3) is 10.9 Å². The Morgan fingerprint density at radius 3 is 2.84 bits per heavy atom. The molecule has 0 bridgehead atoms. The number of rotatable bonds is 6. The number of hydrogen-bond donors (Lipinski definition) is 2. The second-order valence-electron chi connectivity index (χ2n) is 6.97. The molecule has 0 spiro atoms. The molecule has 130 valence electrons. The molecule has 2 aromatic carbocycles. The zero-order valence-corrected chi connectivity index (χ0v) is 14.7. The molecule has 0 amide bonds. The topological polar surface area (TPSA) is 40.4 Å². The number of nitrogens with zero attached hydrogens (tertiary/aromatic N) is 2. The molecule has 0 saturated heterocycles. The summed E-state index contributed by atoms with van der Waals surface area (Å²) in [7, 11) is 2.17. The maximum Gasteiger partial charge on any atom is 0.0556 e. The summed E-state index contributed by atoms with van der Waals surface area (Å²) in [6.07, 6.45) is 2.18. The third kappa shape index (κ3) is 3.33. The first kappa shape index (κ1) is 16.3. The van der Waals surface area contributed by atoms with Crippen LogP contribution in [-0.2, 0) is 26.2 Å². The lowest BCUT2D eigenvalue weighted by atomic mass is 10.1. The number of benzene rings is 2. The van der Waals surface area contributed by atoms with E-state index in [2.05, 4.69) is 70.5 Å². The highest BCUT2D eigenvalue weighted by molar-refractivity contribution is 5.83. The van der Waals surface area contributed by atoms with Gasteiger partial charge in [-0.1, -0.05) is 30.3 Å². The van der Waals surface area contributed by atoms with Gasteiger partial charge < -0.3 is 15.0 Å². The van der Waals surface area contributed by atoms with Gasteiger partial charge in [0.25, 0.3) is 0 Å². The van der Waals surface area contributed by atoms with Crippen LogP contribution in [0.2, 0.25) is 0 Å². The summed E-state index contributed by atoms with van der Waals surface area (Å²) in [6.45, 7) is 4.59. The summed E-state index contributed by atoms with van der Waals surface area (Å²) >= 11 is 0. The number of aliphatic hydroxyl groups is 1. The van der Waals surface area contributed by atoms with Crippen molar-refractivity contribution in [3.63, 3.8) is 0 Å². The average Bonchev–Trinajstić information content (AvgIpc) is 3.18. The summed E-state index contributed by atoms with van der Waals surface area (Å²) in [4.78, 5) is 2.35. The largest absolute Gasteiger partial charge is 0.395 e. The van der Waals surface area contributed by atoms with Gasteiger partial charge in [0.15, 0.2) is 0 Å². The molecule has 0 fully saturated rings. The first-order chi connectivity index (χ1) is 12.2. The lowest BCUT2D eigenvalue weighted by Gasteiger charge is -2.09. The maximum atomic E-state index is 8.94. The lowest BCUT2D eigenvalue weighted by molar-refractivity contribution is 0.292. The first-order valence-electron chi connectivity index (χ1n) is 8.92. The molecule has 0 atom stereocenters. The molecule has 0 saturated carbocycles. The predicted octanol–water partition coefficient (Wildman–Crippen LogP) is 2.72. The van der Waals surface area contributed by atoms with Gasteiger partial charge >= 0.3 is 0 Å². The Bertz CT molecular complexity index is 884. The van der Waals surface area contributed by atoms with Gasteiger partial charge in [0.1, 0.15) is 0 Å². The minimum Gasteiger partial charge on any atom is -0.395 e. The molecule has 0 aliphatic carbocycles. The summed E-state index contributed by atoms with van der Waals surface area (Å²) in [5, 5.41) is 13.5. The molecule has 3 aromatic rings. The second-order valence-corrected chi connectivity index (χ2v) is 6.97. The fourth-order valence-corrected chi connectivity index (χ4v) is 3.79. The number of aromatic nitrogens is 1. The molecule has 0 radical (unpaired) electrons. The highest BCUT2D eigenvalue weighted by Gasteiger charge is 2.15. The minimum absolute atomic E-state index is 0.171. The van der Waals surface area contributed by atoms with Crippen molar-refractivity contribution in [1.29, 1.82) is 0 Å². The van der Waals surface area contributed by atoms with Gasteiger partial charge in [-0.05, 0) is 41.4 Å². The van der Waals surface area contributed by atoms with Crippen molar-refractivity contribution < 1.29 is 5.11 Å². The molecule has 4 heteroatoms. The van der Waals surface area contributed by atoms with Gasteiger partial charge in [-0.15, -0.1) is 0 Å². The molecule has 1 aromatic heterocycles. The van der Waals surface area contributed by atoms with Gasteiger partial charge in [0, 0.05) is 49.8 Å². The summed E-state index contributed by atoms with van der Waals surface area (Å²) < 4.78 is 2.32. The molecular weight excluding hydrogens is 310 g/mol. The standard InChI is InChI=1S/C21H25N3O/c1-23-14-18-6-5-16(11-19(18)15-23)13-24-9-7-20-17(12-22-8-10-25)3-2-4-21(20)24/h2-7,9,11,22,25H,8,10,12-15H2,1H3. The van der Waals surface area contributed by atoms with Crippen LogP contribution in [0.1, 0.15) is 22.3 Å². The van der Waals surface area contributed by atoms with Crippen LogP contribution in [-0.4, -0.2) is 34.8 Å². The minimum atomic E-state index is 0.171. The Hall–Kier alpha value is -2.14. The van der Waals surface area contributed by atoms with Crippen molar-refractivity contribution in [2.45, 2.75) is 26.2 Å². The Morgan fingerprint density at radius 2 is 1.96 bits per heavy atom. The molecule has 2 heterocycles. The van der Waals surface area contributed by atoms with E-state index in [1.807, 2.05) is 0 Å². The summed E-state index contributed by atoms with van der Waals surface area (Å²) in [6, 6.07) is 15.6. The van der Waals surface area contributed by atoms with E-state index in [4.69, 9.17) is 5.11 Å². The van der Waals surface area contributed by atoms with E-state index in [0.29, 0.717) is 6.54 Å². The van der Waals surface area contributed by atoms with E-state index >= 15 is 0 Å². The molecule has 25 heavy (non-hydrogen) atoms. The average molecular weight is 335 g/mol. The van der Waals surface area contributed by atoms with E-state index in [1.165, 1.54) is 33.2 Å². The Morgan fingerprint density at radius 1 is 1.08 bits per heavy atom. The third-order valence-electron chi connectivity index (χ3n) is 5.01. The maximum absolute atomic E-state index is 8.94. The van der Waals surface area contributed by atoms with Crippen molar-refractivity contribution in [3.8, 4) is 0 Å². The number of nitrogens with one attached hydrogen (secondary N) is 1. The molecule has 1 aliphatic heterocycles. The van der Waals surface area contributed by atoms with Gasteiger partial charge in [0.2, 0.25) is 0 Å². The van der Waals surface area contributed by atoms with Crippen molar-refractivity contribution in [1.82, 2.24) is 14.8 Å². The van der Waals surface area contributed by atoms with Gasteiger partial charge in [0.05, 0.1) is 6.61 Å². The van der Waals surface area contributed by atoms with Crippen LogP contribution in [0.15, 0.2) is 48.7 Å². The van der Waals surface area contributed by atoms with Crippen LogP contribution >= 0.6 is 0 Å². The monoisotopic (exact) mass is 335 g/mol. The molecule has 4 nitrogen and oxygen atoms in total. The quantitative estimate of drug-likeness (QED) is 0.681. The van der Waals surface area contributed by atoms with E-state index < -0.39 is 0 Å². The van der Waals surface area contributed by atoms with Crippen LogP contribution in [0.4, 0.5) is 0 Å². The third-order valence-corrected chi connectivity index (χ3v) is 5.01. The molecule has 2 N–H and O–H groups in total. The van der Waals surface area contributed by atoms with Crippen molar-refractivity contribution in [2.75, 3.05) is 20.2 Å². The van der Waals surface area contributed by atoms with E-state index in [-0.39, 0.29) is 6.61 Å². The van der Waals surface area contributed by atoms with Crippen LogP contribution < -0.4 is 5.32 Å². The summed E-state index contributed by atoms with van der Waals surface area (Å²) in [5.74, 6) is 0. The van der Waals surface area contributed by atoms with Gasteiger partial charge in [-0.2, -0.15) is 0 Å². The lowest BCUT2D eigenvalue weighted by Crippen LogP contribution is -2.17. The fraction of sp³-hybridized carbons (Fsp3) is 0.333. The first-order valence-corrected chi connectivity index (χ1v) is 8.92. The number of fused-ring (bicyclic) bond motifs is 2. The Balaban J connectivity index is 1.58. The fourth-order valence-electron chi connectivity index (χ4n) is 3.79. The molecule has 4 rings (SSSR count). The van der Waals surface area contributed by atoms with Crippen LogP contribution in [0, 0.1) is 0 Å². The summed E-state index contributed by atoms with van der Waals surface area (Å²) in [5.41, 5.74) is 6.82. The highest BCUT2D eigenvalue weighted by Crippen LogP contribution is 2.25. The molecule has 0 unspecified atom stereocenters. The smallest absolute Gasteiger partial charge is 0.0556 e. The Kier molecular flexibility index (Phi) is 4.57.